The van der Waals surface area contributed by atoms with Crippen LogP contribution < -0.4 is 11.1 Å². The Balaban J connectivity index is 2.01. The molecule has 2 aromatic rings. The van der Waals surface area contributed by atoms with E-state index >= 15 is 0 Å². The lowest BCUT2D eigenvalue weighted by Crippen LogP contribution is -2.14. The number of anilines is 2. The fraction of sp³-hybridized carbons (Fsp3) is 0.0714. The van der Waals surface area contributed by atoms with Gasteiger partial charge in [0.25, 0.3) is 0 Å². The summed E-state index contributed by atoms with van der Waals surface area (Å²) in [4.78, 5) is 12.6. The van der Waals surface area contributed by atoms with Crippen LogP contribution in [0.5, 0.6) is 0 Å². The summed E-state index contributed by atoms with van der Waals surface area (Å²) in [5.74, 6) is -0.0555. The molecule has 110 valence electrons. The van der Waals surface area contributed by atoms with Crippen molar-refractivity contribution >= 4 is 63.8 Å². The van der Waals surface area contributed by atoms with Crippen molar-refractivity contribution in [3.05, 3.63) is 51.5 Å². The lowest BCUT2D eigenvalue weighted by Gasteiger charge is -2.09. The van der Waals surface area contributed by atoms with Crippen LogP contribution >= 0.6 is 46.6 Å². The third kappa shape index (κ3) is 4.20. The molecule has 0 aliphatic carbocycles. The number of nitrogen functional groups attached to an aromatic ring is 1. The number of benzene rings is 2. The van der Waals surface area contributed by atoms with Crippen LogP contribution in [0.15, 0.2) is 41.3 Å². The molecule has 0 aromatic heterocycles. The first-order chi connectivity index (χ1) is 9.99. The van der Waals surface area contributed by atoms with E-state index in [1.807, 2.05) is 0 Å². The van der Waals surface area contributed by atoms with Crippen LogP contribution in [0, 0.1) is 0 Å². The van der Waals surface area contributed by atoms with E-state index in [0.717, 1.165) is 0 Å². The molecule has 0 spiro atoms. The fourth-order valence-corrected chi connectivity index (χ4v) is 3.08. The van der Waals surface area contributed by atoms with Crippen molar-refractivity contribution in [2.24, 2.45) is 0 Å². The van der Waals surface area contributed by atoms with Gasteiger partial charge in [0.05, 0.1) is 26.5 Å². The van der Waals surface area contributed by atoms with Gasteiger partial charge < -0.3 is 11.1 Å². The molecule has 0 saturated heterocycles. The Morgan fingerprint density at radius 1 is 1.10 bits per heavy atom. The van der Waals surface area contributed by atoms with E-state index < -0.39 is 0 Å². The zero-order valence-corrected chi connectivity index (χ0v) is 13.8. The summed E-state index contributed by atoms with van der Waals surface area (Å²) >= 11 is 19.2. The molecular formula is C14H11Cl3N2OS. The Morgan fingerprint density at radius 3 is 2.48 bits per heavy atom. The Labute approximate surface area is 141 Å². The zero-order chi connectivity index (χ0) is 15.4. The molecule has 0 unspecified atom stereocenters. The minimum Gasteiger partial charge on any atom is -0.398 e. The largest absolute Gasteiger partial charge is 0.398 e. The molecule has 2 aromatic carbocycles. The predicted octanol–water partition coefficient (Wildman–Crippen LogP) is 4.96. The maximum absolute atomic E-state index is 12.0. The Hall–Kier alpha value is -1.07. The lowest BCUT2D eigenvalue weighted by molar-refractivity contribution is -0.113. The van der Waals surface area contributed by atoms with Crippen molar-refractivity contribution in [1.29, 1.82) is 0 Å². The van der Waals surface area contributed by atoms with Crippen LogP contribution in [0.4, 0.5) is 11.4 Å². The van der Waals surface area contributed by atoms with Crippen molar-refractivity contribution < 1.29 is 4.79 Å². The highest BCUT2D eigenvalue weighted by molar-refractivity contribution is 8.00. The first kappa shape index (κ1) is 16.3. The second-order valence-electron chi connectivity index (χ2n) is 4.10. The van der Waals surface area contributed by atoms with Crippen LogP contribution in [0.3, 0.4) is 0 Å². The molecule has 1 amide bonds. The fourth-order valence-electron chi connectivity index (χ4n) is 1.60. The molecule has 0 radical (unpaired) electrons. The van der Waals surface area contributed by atoms with Gasteiger partial charge in [0.2, 0.25) is 5.91 Å². The molecule has 3 N–H and O–H groups in total. The van der Waals surface area contributed by atoms with Crippen molar-refractivity contribution in [2.75, 3.05) is 16.8 Å². The summed E-state index contributed by atoms with van der Waals surface area (Å²) in [6.45, 7) is 0. The second kappa shape index (κ2) is 7.27. The highest BCUT2D eigenvalue weighted by Crippen LogP contribution is 2.33. The monoisotopic (exact) mass is 360 g/mol. The summed E-state index contributed by atoms with van der Waals surface area (Å²) in [7, 11) is 0. The highest BCUT2D eigenvalue weighted by atomic mass is 35.5. The minimum atomic E-state index is -0.219. The van der Waals surface area contributed by atoms with Crippen LogP contribution in [0.1, 0.15) is 0 Å². The van der Waals surface area contributed by atoms with Gasteiger partial charge in [0, 0.05) is 10.6 Å². The number of halogens is 3. The molecule has 0 heterocycles. The zero-order valence-electron chi connectivity index (χ0n) is 10.7. The summed E-state index contributed by atoms with van der Waals surface area (Å²) < 4.78 is 0. The first-order valence-corrected chi connectivity index (χ1v) is 8.01. The van der Waals surface area contributed by atoms with E-state index in [1.54, 1.807) is 36.4 Å². The van der Waals surface area contributed by atoms with E-state index in [2.05, 4.69) is 5.32 Å². The number of carbonyl (C=O) groups is 1. The average molecular weight is 362 g/mol. The number of nitrogens with two attached hydrogens (primary N) is 1. The van der Waals surface area contributed by atoms with Crippen molar-refractivity contribution in [2.45, 2.75) is 4.90 Å². The van der Waals surface area contributed by atoms with E-state index in [9.17, 15) is 4.79 Å². The third-order valence-corrected chi connectivity index (χ3v) is 4.97. The lowest BCUT2D eigenvalue weighted by atomic mass is 10.3. The molecule has 0 atom stereocenters. The molecule has 21 heavy (non-hydrogen) atoms. The van der Waals surface area contributed by atoms with Crippen LogP contribution in [-0.2, 0) is 4.79 Å². The van der Waals surface area contributed by atoms with Crippen molar-refractivity contribution in [1.82, 2.24) is 0 Å². The predicted molar refractivity (Wildman–Crippen MR) is 91.7 cm³/mol. The molecule has 0 bridgehead atoms. The minimum absolute atomic E-state index is 0.163. The van der Waals surface area contributed by atoms with E-state index in [0.29, 0.717) is 31.3 Å². The summed E-state index contributed by atoms with van der Waals surface area (Å²) in [5, 5.41) is 3.92. The van der Waals surface area contributed by atoms with E-state index in [1.165, 1.54) is 11.8 Å². The van der Waals surface area contributed by atoms with Gasteiger partial charge in [0.1, 0.15) is 0 Å². The van der Waals surface area contributed by atoms with E-state index in [4.69, 9.17) is 40.5 Å². The summed E-state index contributed by atoms with van der Waals surface area (Å²) in [6.07, 6.45) is 0. The van der Waals surface area contributed by atoms with Crippen molar-refractivity contribution in [3.63, 3.8) is 0 Å². The first-order valence-electron chi connectivity index (χ1n) is 5.89. The van der Waals surface area contributed by atoms with Crippen LogP contribution in [0.25, 0.3) is 0 Å². The Bertz CT molecular complexity index is 659. The topological polar surface area (TPSA) is 55.1 Å². The van der Waals surface area contributed by atoms with Crippen LogP contribution in [-0.4, -0.2) is 11.7 Å². The second-order valence-corrected chi connectivity index (χ2v) is 6.27. The molecule has 7 heteroatoms. The maximum Gasteiger partial charge on any atom is 0.234 e. The van der Waals surface area contributed by atoms with Gasteiger partial charge >= 0.3 is 0 Å². The van der Waals surface area contributed by atoms with Gasteiger partial charge in [-0.05, 0) is 24.3 Å². The Kier molecular flexibility index (Phi) is 5.65. The van der Waals surface area contributed by atoms with E-state index in [-0.39, 0.29) is 11.7 Å². The van der Waals surface area contributed by atoms with Crippen LogP contribution in [0.2, 0.25) is 15.1 Å². The number of thioether (sulfide) groups is 1. The molecule has 0 aliphatic rings. The van der Waals surface area contributed by atoms with Crippen molar-refractivity contribution in [3.8, 4) is 0 Å². The Morgan fingerprint density at radius 2 is 1.76 bits per heavy atom. The average Bonchev–Trinajstić information content (AvgIpc) is 2.43. The SMILES string of the molecule is Nc1cccc(Cl)c1SCC(=O)Nc1cccc(Cl)c1Cl. The third-order valence-electron chi connectivity index (χ3n) is 2.57. The molecular weight excluding hydrogens is 351 g/mol. The molecule has 0 fully saturated rings. The van der Waals surface area contributed by atoms with Gasteiger partial charge in [-0.3, -0.25) is 4.79 Å². The number of hydrogen-bond acceptors (Lipinski definition) is 3. The number of amides is 1. The standard InChI is InChI=1S/C14H11Cl3N2OS/c15-8-3-2-6-11(13(8)17)19-12(20)7-21-14-9(16)4-1-5-10(14)18/h1-6H,7,18H2,(H,19,20). The number of nitrogens with one attached hydrogen (secondary N) is 1. The van der Waals surface area contributed by atoms with Gasteiger partial charge in [-0.25, -0.2) is 0 Å². The molecule has 0 saturated carbocycles. The van der Waals surface area contributed by atoms with Gasteiger partial charge in [-0.1, -0.05) is 46.9 Å². The quantitative estimate of drug-likeness (QED) is 0.598. The number of rotatable bonds is 4. The highest BCUT2D eigenvalue weighted by Gasteiger charge is 2.11. The normalized spacial score (nSPS) is 10.4. The number of hydrogen-bond donors (Lipinski definition) is 2. The summed E-state index contributed by atoms with van der Waals surface area (Å²) in [5.41, 5.74) is 6.85. The molecule has 3 nitrogen and oxygen atoms in total. The number of carbonyl (C=O) groups excluding carboxylic acids is 1. The maximum atomic E-state index is 12.0. The van der Waals surface area contributed by atoms with Gasteiger partial charge in [0.15, 0.2) is 0 Å². The molecule has 0 aliphatic heterocycles. The smallest absolute Gasteiger partial charge is 0.234 e. The summed E-state index contributed by atoms with van der Waals surface area (Å²) in [6, 6.07) is 10.3. The van der Waals surface area contributed by atoms with Gasteiger partial charge in [-0.15, -0.1) is 11.8 Å². The van der Waals surface area contributed by atoms with Gasteiger partial charge in [-0.2, -0.15) is 0 Å². The molecule has 2 rings (SSSR count).